The first-order valence-electron chi connectivity index (χ1n) is 7.68. The molecule has 1 atom stereocenters. The van der Waals surface area contributed by atoms with E-state index in [2.05, 4.69) is 15.5 Å². The van der Waals surface area contributed by atoms with E-state index in [0.717, 1.165) is 0 Å². The van der Waals surface area contributed by atoms with Crippen LogP contribution in [0.2, 0.25) is 0 Å². The van der Waals surface area contributed by atoms with Gasteiger partial charge in [0.25, 0.3) is 5.91 Å². The van der Waals surface area contributed by atoms with Crippen LogP contribution in [-0.4, -0.2) is 49.1 Å². The Hall–Kier alpha value is -2.55. The van der Waals surface area contributed by atoms with E-state index in [1.807, 2.05) is 0 Å². The second-order valence-corrected chi connectivity index (χ2v) is 8.14. The topological polar surface area (TPSA) is 92.3 Å². The largest absolute Gasteiger partial charge is 0.354 e. The van der Waals surface area contributed by atoms with Crippen molar-refractivity contribution in [2.24, 2.45) is 0 Å². The second-order valence-electron chi connectivity index (χ2n) is 5.91. The third-order valence-corrected chi connectivity index (χ3v) is 5.83. The minimum absolute atomic E-state index is 0.0838. The number of anilines is 2. The van der Waals surface area contributed by atoms with Crippen molar-refractivity contribution in [1.82, 2.24) is 10.2 Å². The van der Waals surface area contributed by atoms with Crippen LogP contribution in [0.1, 0.15) is 16.9 Å². The fourth-order valence-corrected chi connectivity index (χ4v) is 4.44. The molecule has 1 saturated heterocycles. The molecule has 1 fully saturated rings. The Morgan fingerprint density at radius 2 is 2.08 bits per heavy atom. The molecule has 1 aliphatic rings. The molecule has 0 bridgehead atoms. The third-order valence-electron chi connectivity index (χ3n) is 4.08. The van der Waals surface area contributed by atoms with E-state index in [-0.39, 0.29) is 23.2 Å². The number of rotatable bonds is 4. The van der Waals surface area contributed by atoms with E-state index < -0.39 is 21.6 Å². The van der Waals surface area contributed by atoms with Crippen LogP contribution in [0.15, 0.2) is 36.4 Å². The zero-order valence-corrected chi connectivity index (χ0v) is 14.3. The molecule has 0 aliphatic carbocycles. The van der Waals surface area contributed by atoms with Gasteiger partial charge in [0.15, 0.2) is 21.3 Å². The van der Waals surface area contributed by atoms with Crippen molar-refractivity contribution < 1.29 is 17.6 Å². The minimum atomic E-state index is -2.99. The molecule has 1 unspecified atom stereocenters. The lowest BCUT2D eigenvalue weighted by molar-refractivity contribution is 0.102. The highest BCUT2D eigenvalue weighted by molar-refractivity contribution is 7.91. The van der Waals surface area contributed by atoms with Gasteiger partial charge in [-0.1, -0.05) is 6.07 Å². The minimum Gasteiger partial charge on any atom is -0.354 e. The molecule has 1 aliphatic heterocycles. The predicted octanol–water partition coefficient (Wildman–Crippen LogP) is 1.49. The number of nitrogens with one attached hydrogen (secondary N) is 1. The van der Waals surface area contributed by atoms with Crippen molar-refractivity contribution in [2.75, 3.05) is 28.8 Å². The number of nitrogens with zero attached hydrogens (tertiary/aromatic N) is 3. The Morgan fingerprint density at radius 3 is 2.68 bits per heavy atom. The van der Waals surface area contributed by atoms with Crippen LogP contribution in [0.4, 0.5) is 15.9 Å². The molecule has 1 aromatic heterocycles. The Morgan fingerprint density at radius 1 is 1.28 bits per heavy atom. The lowest BCUT2D eigenvalue weighted by atomic mass is 10.2. The van der Waals surface area contributed by atoms with Gasteiger partial charge in [0.1, 0.15) is 5.82 Å². The van der Waals surface area contributed by atoms with Crippen LogP contribution in [0, 0.1) is 5.82 Å². The molecule has 1 N–H and O–H groups in total. The lowest BCUT2D eigenvalue weighted by Crippen LogP contribution is -2.33. The Labute approximate surface area is 144 Å². The number of benzene rings is 1. The van der Waals surface area contributed by atoms with E-state index in [1.54, 1.807) is 24.1 Å². The summed E-state index contributed by atoms with van der Waals surface area (Å²) in [6.45, 7) is 0. The average molecular weight is 364 g/mol. The van der Waals surface area contributed by atoms with Crippen LogP contribution in [0.3, 0.4) is 0 Å². The summed E-state index contributed by atoms with van der Waals surface area (Å²) in [6, 6.07) is 8.50. The van der Waals surface area contributed by atoms with E-state index in [9.17, 15) is 17.6 Å². The first kappa shape index (κ1) is 17.3. The molecule has 1 amide bonds. The Bertz CT molecular complexity index is 887. The van der Waals surface area contributed by atoms with Gasteiger partial charge in [-0.3, -0.25) is 4.79 Å². The molecule has 3 rings (SSSR count). The molecule has 1 aromatic carbocycles. The van der Waals surface area contributed by atoms with Gasteiger partial charge in [-0.15, -0.1) is 10.2 Å². The molecule has 2 heterocycles. The first-order valence-corrected chi connectivity index (χ1v) is 9.50. The Balaban J connectivity index is 1.68. The fourth-order valence-electron chi connectivity index (χ4n) is 2.66. The summed E-state index contributed by atoms with van der Waals surface area (Å²) >= 11 is 0. The molecule has 7 nitrogen and oxygen atoms in total. The highest BCUT2D eigenvalue weighted by Crippen LogP contribution is 2.21. The molecular formula is C16H17FN4O3S. The van der Waals surface area contributed by atoms with Crippen LogP contribution >= 0.6 is 0 Å². The van der Waals surface area contributed by atoms with Crippen molar-refractivity contribution in [1.29, 1.82) is 0 Å². The van der Waals surface area contributed by atoms with Crippen LogP contribution in [0.5, 0.6) is 0 Å². The normalized spacial score (nSPS) is 18.7. The van der Waals surface area contributed by atoms with Crippen molar-refractivity contribution in [3.63, 3.8) is 0 Å². The van der Waals surface area contributed by atoms with Crippen LogP contribution < -0.4 is 10.2 Å². The zero-order chi connectivity index (χ0) is 18.0. The van der Waals surface area contributed by atoms with Crippen LogP contribution in [-0.2, 0) is 9.84 Å². The number of halogens is 1. The van der Waals surface area contributed by atoms with Gasteiger partial charge in [0.05, 0.1) is 11.5 Å². The summed E-state index contributed by atoms with van der Waals surface area (Å²) in [4.78, 5) is 13.9. The highest BCUT2D eigenvalue weighted by atomic mass is 32.2. The van der Waals surface area contributed by atoms with Crippen molar-refractivity contribution in [3.05, 3.63) is 47.9 Å². The Kier molecular flexibility index (Phi) is 4.67. The summed E-state index contributed by atoms with van der Waals surface area (Å²) in [5.74, 6) is -0.205. The number of sulfone groups is 1. The number of hydrogen-bond acceptors (Lipinski definition) is 6. The third kappa shape index (κ3) is 4.11. The SMILES string of the molecule is CN(c1ccc(C(=O)Nc2cccc(F)c2)nn1)C1CCS(=O)(=O)C1. The summed E-state index contributed by atoms with van der Waals surface area (Å²) in [5.41, 5.74) is 0.407. The maximum Gasteiger partial charge on any atom is 0.276 e. The summed E-state index contributed by atoms with van der Waals surface area (Å²) < 4.78 is 36.3. The summed E-state index contributed by atoms with van der Waals surface area (Å²) in [7, 11) is -1.24. The maximum atomic E-state index is 13.1. The molecule has 132 valence electrons. The highest BCUT2D eigenvalue weighted by Gasteiger charge is 2.31. The first-order chi connectivity index (χ1) is 11.8. The molecular weight excluding hydrogens is 347 g/mol. The number of carbonyl (C=O) groups excluding carboxylic acids is 1. The van der Waals surface area contributed by atoms with E-state index in [4.69, 9.17) is 0 Å². The van der Waals surface area contributed by atoms with Gasteiger partial charge in [0, 0.05) is 18.8 Å². The van der Waals surface area contributed by atoms with Gasteiger partial charge in [-0.2, -0.15) is 0 Å². The molecule has 0 radical (unpaired) electrons. The van der Waals surface area contributed by atoms with Gasteiger partial charge >= 0.3 is 0 Å². The molecule has 9 heteroatoms. The van der Waals surface area contributed by atoms with E-state index >= 15 is 0 Å². The number of aromatic nitrogens is 2. The van der Waals surface area contributed by atoms with E-state index in [0.29, 0.717) is 17.9 Å². The maximum absolute atomic E-state index is 13.1. The van der Waals surface area contributed by atoms with Gasteiger partial charge in [-0.25, -0.2) is 12.8 Å². The van der Waals surface area contributed by atoms with Gasteiger partial charge < -0.3 is 10.2 Å². The van der Waals surface area contributed by atoms with E-state index in [1.165, 1.54) is 24.3 Å². The molecule has 0 spiro atoms. The quantitative estimate of drug-likeness (QED) is 0.884. The summed E-state index contributed by atoms with van der Waals surface area (Å²) in [5, 5.41) is 10.4. The van der Waals surface area contributed by atoms with Gasteiger partial charge in [0.2, 0.25) is 0 Å². The number of hydrogen-bond donors (Lipinski definition) is 1. The van der Waals surface area contributed by atoms with Crippen molar-refractivity contribution in [2.45, 2.75) is 12.5 Å². The number of amides is 1. The summed E-state index contributed by atoms with van der Waals surface area (Å²) in [6.07, 6.45) is 0.544. The molecule has 0 saturated carbocycles. The predicted molar refractivity (Wildman–Crippen MR) is 91.8 cm³/mol. The average Bonchev–Trinajstić information content (AvgIpc) is 2.94. The second kappa shape index (κ2) is 6.75. The molecule has 2 aromatic rings. The monoisotopic (exact) mass is 364 g/mol. The standard InChI is InChI=1S/C16H17FN4O3S/c1-21(13-7-8-25(23,24)10-13)15-6-5-14(19-20-15)16(22)18-12-4-2-3-11(17)9-12/h2-6,9,13H,7-8,10H2,1H3,(H,18,22). The van der Waals surface area contributed by atoms with Crippen molar-refractivity contribution in [3.8, 4) is 0 Å². The van der Waals surface area contributed by atoms with Gasteiger partial charge in [-0.05, 0) is 36.8 Å². The lowest BCUT2D eigenvalue weighted by Gasteiger charge is -2.23. The fraction of sp³-hybridized carbons (Fsp3) is 0.312. The smallest absolute Gasteiger partial charge is 0.276 e. The number of carbonyl (C=O) groups is 1. The van der Waals surface area contributed by atoms with Crippen molar-refractivity contribution >= 4 is 27.2 Å². The van der Waals surface area contributed by atoms with Crippen LogP contribution in [0.25, 0.3) is 0 Å². The zero-order valence-electron chi connectivity index (χ0n) is 13.5. The molecule has 25 heavy (non-hydrogen) atoms.